The highest BCUT2D eigenvalue weighted by atomic mass is 32.1. The van der Waals surface area contributed by atoms with Crippen LogP contribution in [0.2, 0.25) is 0 Å². The molecule has 2 fully saturated rings. The van der Waals surface area contributed by atoms with Crippen molar-refractivity contribution in [1.82, 2.24) is 10.3 Å². The number of piperidine rings is 1. The third-order valence-corrected chi connectivity index (χ3v) is 4.43. The first-order valence-electron chi connectivity index (χ1n) is 5.81. The van der Waals surface area contributed by atoms with Gasteiger partial charge in [0.05, 0.1) is 5.69 Å². The van der Waals surface area contributed by atoms with Crippen molar-refractivity contribution in [3.63, 3.8) is 0 Å². The minimum Gasteiger partial charge on any atom is -0.375 e. The molecule has 3 N–H and O–H groups in total. The van der Waals surface area contributed by atoms with Crippen LogP contribution in [0.5, 0.6) is 0 Å². The Balaban J connectivity index is 1.87. The molecule has 0 aromatic carbocycles. The van der Waals surface area contributed by atoms with Crippen LogP contribution in [0.3, 0.4) is 0 Å². The lowest BCUT2D eigenvalue weighted by Crippen LogP contribution is -2.26. The zero-order valence-electron chi connectivity index (χ0n) is 8.83. The Hall–Kier alpha value is -0.610. The summed E-state index contributed by atoms with van der Waals surface area (Å²) in [6.45, 7) is 2.29. The maximum atomic E-state index is 5.84. The van der Waals surface area contributed by atoms with Crippen LogP contribution in [0.15, 0.2) is 0 Å². The number of anilines is 1. The van der Waals surface area contributed by atoms with Crippen LogP contribution in [0.25, 0.3) is 0 Å². The van der Waals surface area contributed by atoms with E-state index in [1.54, 1.807) is 11.3 Å². The molecule has 1 aliphatic heterocycles. The van der Waals surface area contributed by atoms with Gasteiger partial charge in [0, 0.05) is 10.8 Å². The predicted molar refractivity (Wildman–Crippen MR) is 63.3 cm³/mol. The van der Waals surface area contributed by atoms with E-state index in [2.05, 4.69) is 10.3 Å². The van der Waals surface area contributed by atoms with Crippen LogP contribution in [0.1, 0.15) is 48.1 Å². The van der Waals surface area contributed by atoms with Gasteiger partial charge in [-0.25, -0.2) is 4.98 Å². The lowest BCUT2D eigenvalue weighted by Gasteiger charge is -2.22. The van der Waals surface area contributed by atoms with Crippen molar-refractivity contribution in [2.24, 2.45) is 0 Å². The molecule has 82 valence electrons. The number of nitrogens with one attached hydrogen (secondary N) is 1. The third kappa shape index (κ3) is 1.88. The molecular weight excluding hydrogens is 206 g/mol. The molecule has 1 aliphatic carbocycles. The summed E-state index contributed by atoms with van der Waals surface area (Å²) in [5.74, 6) is 1.46. The lowest BCUT2D eigenvalue weighted by atomic mass is 9.94. The van der Waals surface area contributed by atoms with Crippen molar-refractivity contribution >= 4 is 16.5 Å². The first-order valence-corrected chi connectivity index (χ1v) is 6.63. The van der Waals surface area contributed by atoms with Crippen LogP contribution in [-0.4, -0.2) is 18.1 Å². The van der Waals surface area contributed by atoms with Gasteiger partial charge in [0.25, 0.3) is 0 Å². The molecule has 1 aromatic heterocycles. The van der Waals surface area contributed by atoms with E-state index in [4.69, 9.17) is 5.73 Å². The molecule has 0 unspecified atom stereocenters. The Morgan fingerprint density at radius 2 is 1.87 bits per heavy atom. The van der Waals surface area contributed by atoms with E-state index in [0.717, 1.165) is 30.1 Å². The van der Waals surface area contributed by atoms with Crippen molar-refractivity contribution in [3.05, 3.63) is 10.6 Å². The molecule has 2 heterocycles. The summed E-state index contributed by atoms with van der Waals surface area (Å²) in [6, 6.07) is 0. The van der Waals surface area contributed by atoms with Gasteiger partial charge in [0.15, 0.2) is 5.13 Å². The van der Waals surface area contributed by atoms with Crippen LogP contribution in [-0.2, 0) is 0 Å². The van der Waals surface area contributed by atoms with E-state index in [9.17, 15) is 0 Å². The van der Waals surface area contributed by atoms with Crippen molar-refractivity contribution in [2.45, 2.75) is 37.5 Å². The molecule has 0 atom stereocenters. The number of rotatable bonds is 2. The second-order valence-corrected chi connectivity index (χ2v) is 5.66. The van der Waals surface area contributed by atoms with Crippen molar-refractivity contribution in [2.75, 3.05) is 18.8 Å². The largest absolute Gasteiger partial charge is 0.375 e. The first-order chi connectivity index (χ1) is 7.34. The van der Waals surface area contributed by atoms with Crippen LogP contribution in [0, 0.1) is 0 Å². The molecule has 0 amide bonds. The summed E-state index contributed by atoms with van der Waals surface area (Å²) in [4.78, 5) is 6.02. The Morgan fingerprint density at radius 1 is 1.13 bits per heavy atom. The molecule has 0 spiro atoms. The fourth-order valence-corrected chi connectivity index (χ4v) is 3.48. The second kappa shape index (κ2) is 3.76. The van der Waals surface area contributed by atoms with Crippen molar-refractivity contribution in [3.8, 4) is 0 Å². The summed E-state index contributed by atoms with van der Waals surface area (Å²) in [7, 11) is 0. The van der Waals surface area contributed by atoms with Gasteiger partial charge in [-0.1, -0.05) is 0 Å². The standard InChI is InChI=1S/C11H17N3S/c12-11-14-9(7-1-2-7)10(15-11)8-3-5-13-6-4-8/h7-8,13H,1-6H2,(H2,12,14). The van der Waals surface area contributed by atoms with E-state index < -0.39 is 0 Å². The Bertz CT molecular complexity index is 351. The maximum absolute atomic E-state index is 5.84. The molecular formula is C11H17N3S. The van der Waals surface area contributed by atoms with Crippen LogP contribution < -0.4 is 11.1 Å². The fourth-order valence-electron chi connectivity index (χ4n) is 2.39. The van der Waals surface area contributed by atoms with E-state index in [0.29, 0.717) is 0 Å². The van der Waals surface area contributed by atoms with Gasteiger partial charge in [-0.05, 0) is 44.7 Å². The average Bonchev–Trinajstić information content (AvgIpc) is 3.03. The summed E-state index contributed by atoms with van der Waals surface area (Å²) >= 11 is 1.73. The average molecular weight is 223 g/mol. The van der Waals surface area contributed by atoms with Gasteiger partial charge in [-0.2, -0.15) is 0 Å². The zero-order valence-corrected chi connectivity index (χ0v) is 9.65. The number of thiazole rings is 1. The number of aromatic nitrogens is 1. The molecule has 1 aromatic rings. The molecule has 1 saturated carbocycles. The Labute approximate surface area is 94.1 Å². The van der Waals surface area contributed by atoms with Gasteiger partial charge in [-0.15, -0.1) is 11.3 Å². The smallest absolute Gasteiger partial charge is 0.180 e. The van der Waals surface area contributed by atoms with E-state index >= 15 is 0 Å². The second-order valence-electron chi connectivity index (χ2n) is 4.60. The molecule has 2 aliphatic rings. The summed E-state index contributed by atoms with van der Waals surface area (Å²) in [5, 5.41) is 4.18. The van der Waals surface area contributed by atoms with Gasteiger partial charge >= 0.3 is 0 Å². The van der Waals surface area contributed by atoms with E-state index in [1.807, 2.05) is 0 Å². The van der Waals surface area contributed by atoms with Crippen molar-refractivity contribution < 1.29 is 0 Å². The summed E-state index contributed by atoms with van der Waals surface area (Å²) < 4.78 is 0. The highest BCUT2D eigenvalue weighted by molar-refractivity contribution is 7.15. The quantitative estimate of drug-likeness (QED) is 0.807. The topological polar surface area (TPSA) is 50.9 Å². The molecule has 4 heteroatoms. The van der Waals surface area contributed by atoms with E-state index in [-0.39, 0.29) is 0 Å². The number of hydrogen-bond donors (Lipinski definition) is 2. The molecule has 15 heavy (non-hydrogen) atoms. The number of nitrogens with zero attached hydrogens (tertiary/aromatic N) is 1. The maximum Gasteiger partial charge on any atom is 0.180 e. The highest BCUT2D eigenvalue weighted by Gasteiger charge is 2.32. The fraction of sp³-hybridized carbons (Fsp3) is 0.727. The number of nitrogen functional groups attached to an aromatic ring is 1. The molecule has 0 radical (unpaired) electrons. The number of hydrogen-bond acceptors (Lipinski definition) is 4. The SMILES string of the molecule is Nc1nc(C2CC2)c(C2CCNCC2)s1. The van der Waals surface area contributed by atoms with Crippen LogP contribution >= 0.6 is 11.3 Å². The highest BCUT2D eigenvalue weighted by Crippen LogP contribution is 2.46. The van der Waals surface area contributed by atoms with Crippen LogP contribution in [0.4, 0.5) is 5.13 Å². The third-order valence-electron chi connectivity index (χ3n) is 3.37. The van der Waals surface area contributed by atoms with Gasteiger partial charge in [0.1, 0.15) is 0 Å². The lowest BCUT2D eigenvalue weighted by molar-refractivity contribution is 0.462. The molecule has 3 rings (SSSR count). The molecule has 1 saturated heterocycles. The normalized spacial score (nSPS) is 23.2. The van der Waals surface area contributed by atoms with Gasteiger partial charge in [0.2, 0.25) is 0 Å². The van der Waals surface area contributed by atoms with Gasteiger partial charge < -0.3 is 11.1 Å². The Kier molecular flexibility index (Phi) is 2.41. The number of nitrogens with two attached hydrogens (primary N) is 1. The minimum atomic E-state index is 0.719. The molecule has 0 bridgehead atoms. The van der Waals surface area contributed by atoms with Crippen molar-refractivity contribution in [1.29, 1.82) is 0 Å². The summed E-state index contributed by atoms with van der Waals surface area (Å²) in [6.07, 6.45) is 5.14. The Morgan fingerprint density at radius 3 is 2.53 bits per heavy atom. The summed E-state index contributed by atoms with van der Waals surface area (Å²) in [5.41, 5.74) is 7.18. The first kappa shape index (κ1) is 9.60. The minimum absolute atomic E-state index is 0.719. The van der Waals surface area contributed by atoms with Gasteiger partial charge in [-0.3, -0.25) is 0 Å². The van der Waals surface area contributed by atoms with E-state index in [1.165, 1.54) is 36.3 Å². The zero-order chi connectivity index (χ0) is 10.3. The predicted octanol–water partition coefficient (Wildman–Crippen LogP) is 2.07. The monoisotopic (exact) mass is 223 g/mol. The molecule has 3 nitrogen and oxygen atoms in total.